The van der Waals surface area contributed by atoms with Crippen molar-refractivity contribution in [3.63, 3.8) is 0 Å². The summed E-state index contributed by atoms with van der Waals surface area (Å²) in [7, 11) is 0. The van der Waals surface area contributed by atoms with Gasteiger partial charge in [0.15, 0.2) is 0 Å². The first-order chi connectivity index (χ1) is 14.2. The predicted octanol–water partition coefficient (Wildman–Crippen LogP) is 7.58. The van der Waals surface area contributed by atoms with Gasteiger partial charge in [0, 0.05) is 12.3 Å². The molecule has 29 heavy (non-hydrogen) atoms. The van der Waals surface area contributed by atoms with Crippen LogP contribution < -0.4 is 4.74 Å². The molecule has 0 amide bonds. The minimum atomic E-state index is -0.00851. The van der Waals surface area contributed by atoms with Crippen LogP contribution in [-0.4, -0.2) is 18.7 Å². The molecule has 3 nitrogen and oxygen atoms in total. The summed E-state index contributed by atoms with van der Waals surface area (Å²) in [5.74, 6) is 1.21. The lowest BCUT2D eigenvalue weighted by molar-refractivity contribution is -0.151. The fourth-order valence-corrected chi connectivity index (χ4v) is 4.43. The molecule has 1 aliphatic carbocycles. The van der Waals surface area contributed by atoms with Gasteiger partial charge in [-0.25, -0.2) is 0 Å². The largest absolute Gasteiger partial charge is 0.494 e. The van der Waals surface area contributed by atoms with Gasteiger partial charge in [-0.1, -0.05) is 76.8 Å². The van der Waals surface area contributed by atoms with E-state index in [1.54, 1.807) is 0 Å². The van der Waals surface area contributed by atoms with E-state index in [9.17, 15) is 4.79 Å². The molecule has 1 aromatic carbocycles. The van der Waals surface area contributed by atoms with Crippen LogP contribution in [0.3, 0.4) is 0 Å². The number of carbonyl (C=O) groups excluding carboxylic acids is 1. The second-order valence-corrected chi connectivity index (χ2v) is 8.50. The number of carbonyl (C=O) groups is 1. The molecule has 2 atom stereocenters. The molecule has 2 rings (SSSR count). The summed E-state index contributed by atoms with van der Waals surface area (Å²) in [5.41, 5.74) is 1.25. The number of unbranched alkanes of at least 4 members (excludes halogenated alkanes) is 8. The molecular formula is C26H42O3. The van der Waals surface area contributed by atoms with E-state index in [1.807, 2.05) is 13.0 Å². The van der Waals surface area contributed by atoms with Crippen molar-refractivity contribution in [3.05, 3.63) is 29.8 Å². The summed E-state index contributed by atoms with van der Waals surface area (Å²) in [5, 5.41) is 0. The van der Waals surface area contributed by atoms with Crippen molar-refractivity contribution >= 4 is 5.97 Å². The number of benzene rings is 1. The Morgan fingerprint density at radius 1 is 0.931 bits per heavy atom. The first-order valence-electron chi connectivity index (χ1n) is 12.2. The Morgan fingerprint density at radius 3 is 2.34 bits per heavy atom. The number of hydrogen-bond donors (Lipinski definition) is 0. The molecule has 0 heterocycles. The van der Waals surface area contributed by atoms with Gasteiger partial charge in [0.1, 0.15) is 11.9 Å². The monoisotopic (exact) mass is 402 g/mol. The number of rotatable bonds is 14. The molecule has 0 saturated heterocycles. The fourth-order valence-electron chi connectivity index (χ4n) is 4.43. The zero-order valence-corrected chi connectivity index (χ0v) is 18.8. The minimum absolute atomic E-state index is 0.00851. The number of esters is 1. The highest BCUT2D eigenvalue weighted by atomic mass is 16.5. The lowest BCUT2D eigenvalue weighted by Gasteiger charge is -2.31. The lowest BCUT2D eigenvalue weighted by Crippen LogP contribution is -2.28. The zero-order chi connectivity index (χ0) is 20.7. The molecule has 0 bridgehead atoms. The molecule has 1 aromatic rings. The van der Waals surface area contributed by atoms with Gasteiger partial charge in [0.25, 0.3) is 0 Å². The van der Waals surface area contributed by atoms with Gasteiger partial charge in [-0.2, -0.15) is 0 Å². The second-order valence-electron chi connectivity index (χ2n) is 8.50. The lowest BCUT2D eigenvalue weighted by atomic mass is 9.81. The molecule has 164 valence electrons. The molecule has 0 aliphatic heterocycles. The Labute approximate surface area is 178 Å². The molecule has 0 unspecified atom stereocenters. The SMILES string of the molecule is CCCCCCCCCCCC(=O)O[C@@H]1CCCC[C@H]1c1cccc(OCC)c1. The van der Waals surface area contributed by atoms with Crippen LogP contribution in [0.25, 0.3) is 0 Å². The average Bonchev–Trinajstić information content (AvgIpc) is 2.73. The van der Waals surface area contributed by atoms with E-state index in [2.05, 4.69) is 25.1 Å². The predicted molar refractivity (Wildman–Crippen MR) is 121 cm³/mol. The highest BCUT2D eigenvalue weighted by Crippen LogP contribution is 2.36. The molecule has 1 saturated carbocycles. The summed E-state index contributed by atoms with van der Waals surface area (Å²) in [6.07, 6.45) is 16.4. The highest BCUT2D eigenvalue weighted by molar-refractivity contribution is 5.69. The van der Waals surface area contributed by atoms with E-state index in [0.717, 1.165) is 37.9 Å². The van der Waals surface area contributed by atoms with Crippen molar-refractivity contribution in [1.29, 1.82) is 0 Å². The maximum Gasteiger partial charge on any atom is 0.306 e. The van der Waals surface area contributed by atoms with E-state index in [0.29, 0.717) is 18.9 Å². The van der Waals surface area contributed by atoms with Gasteiger partial charge in [0.05, 0.1) is 6.61 Å². The van der Waals surface area contributed by atoms with Crippen molar-refractivity contribution in [3.8, 4) is 5.75 Å². The third-order valence-electron chi connectivity index (χ3n) is 6.07. The Kier molecular flexibility index (Phi) is 11.9. The van der Waals surface area contributed by atoms with Crippen LogP contribution in [0.1, 0.15) is 115 Å². The van der Waals surface area contributed by atoms with E-state index >= 15 is 0 Å². The van der Waals surface area contributed by atoms with Crippen LogP contribution in [0.5, 0.6) is 5.75 Å². The standard InChI is InChI=1S/C26H42O3/c1-3-5-6-7-8-9-10-11-12-20-26(27)29-25-19-14-13-18-24(25)22-16-15-17-23(21-22)28-4-2/h15-17,21,24-25H,3-14,18-20H2,1-2H3/t24-,25+/m0/s1. The van der Waals surface area contributed by atoms with Crippen molar-refractivity contribution < 1.29 is 14.3 Å². The van der Waals surface area contributed by atoms with Crippen molar-refractivity contribution in [2.24, 2.45) is 0 Å². The Morgan fingerprint density at radius 2 is 1.62 bits per heavy atom. The molecule has 1 fully saturated rings. The Balaban J connectivity index is 1.70. The van der Waals surface area contributed by atoms with Gasteiger partial charge in [-0.15, -0.1) is 0 Å². The Bertz CT molecular complexity index is 569. The van der Waals surface area contributed by atoms with Crippen molar-refractivity contribution in [2.45, 2.75) is 116 Å². The molecule has 0 N–H and O–H groups in total. The highest BCUT2D eigenvalue weighted by Gasteiger charge is 2.29. The van der Waals surface area contributed by atoms with E-state index in [4.69, 9.17) is 9.47 Å². The molecule has 3 heteroatoms. The summed E-state index contributed by atoms with van der Waals surface area (Å²) < 4.78 is 11.6. The van der Waals surface area contributed by atoms with Crippen LogP contribution in [0.4, 0.5) is 0 Å². The maximum atomic E-state index is 12.4. The fraction of sp³-hybridized carbons (Fsp3) is 0.731. The number of hydrogen-bond acceptors (Lipinski definition) is 3. The smallest absolute Gasteiger partial charge is 0.306 e. The second kappa shape index (κ2) is 14.5. The minimum Gasteiger partial charge on any atom is -0.494 e. The zero-order valence-electron chi connectivity index (χ0n) is 18.8. The first-order valence-corrected chi connectivity index (χ1v) is 12.2. The third-order valence-corrected chi connectivity index (χ3v) is 6.07. The maximum absolute atomic E-state index is 12.4. The molecular weight excluding hydrogens is 360 g/mol. The van der Waals surface area contributed by atoms with E-state index < -0.39 is 0 Å². The topological polar surface area (TPSA) is 35.5 Å². The van der Waals surface area contributed by atoms with Crippen LogP contribution in [0.15, 0.2) is 24.3 Å². The summed E-state index contributed by atoms with van der Waals surface area (Å²) in [4.78, 5) is 12.4. The van der Waals surface area contributed by atoms with Gasteiger partial charge in [0.2, 0.25) is 0 Å². The van der Waals surface area contributed by atoms with Crippen LogP contribution in [-0.2, 0) is 9.53 Å². The van der Waals surface area contributed by atoms with Gasteiger partial charge in [-0.05, 0) is 50.3 Å². The van der Waals surface area contributed by atoms with Gasteiger partial charge in [-0.3, -0.25) is 4.79 Å². The van der Waals surface area contributed by atoms with E-state index in [-0.39, 0.29) is 12.1 Å². The third kappa shape index (κ3) is 9.23. The summed E-state index contributed by atoms with van der Waals surface area (Å²) in [6, 6.07) is 8.33. The molecule has 0 radical (unpaired) electrons. The first kappa shape index (κ1) is 23.8. The molecule has 1 aliphatic rings. The quantitative estimate of drug-likeness (QED) is 0.238. The molecule has 0 spiro atoms. The average molecular weight is 403 g/mol. The Hall–Kier alpha value is -1.51. The van der Waals surface area contributed by atoms with Crippen molar-refractivity contribution in [1.82, 2.24) is 0 Å². The normalized spacial score (nSPS) is 19.1. The van der Waals surface area contributed by atoms with Crippen LogP contribution in [0.2, 0.25) is 0 Å². The van der Waals surface area contributed by atoms with E-state index in [1.165, 1.54) is 56.9 Å². The van der Waals surface area contributed by atoms with Gasteiger partial charge < -0.3 is 9.47 Å². The number of ether oxygens (including phenoxy) is 2. The summed E-state index contributed by atoms with van der Waals surface area (Å²) >= 11 is 0. The van der Waals surface area contributed by atoms with Crippen LogP contribution in [0, 0.1) is 0 Å². The molecule has 0 aromatic heterocycles. The van der Waals surface area contributed by atoms with Gasteiger partial charge >= 0.3 is 5.97 Å². The summed E-state index contributed by atoms with van der Waals surface area (Å²) in [6.45, 7) is 4.93. The van der Waals surface area contributed by atoms with Crippen molar-refractivity contribution in [2.75, 3.05) is 6.61 Å². The van der Waals surface area contributed by atoms with Crippen LogP contribution >= 0.6 is 0 Å².